The van der Waals surface area contributed by atoms with Crippen molar-refractivity contribution < 1.29 is 23.5 Å². The van der Waals surface area contributed by atoms with Crippen molar-refractivity contribution >= 4 is 11.9 Å². The highest BCUT2D eigenvalue weighted by Crippen LogP contribution is 2.13. The van der Waals surface area contributed by atoms with Gasteiger partial charge < -0.3 is 14.8 Å². The number of carbonyl (C=O) groups is 2. The second kappa shape index (κ2) is 7.17. The number of carbonyl (C=O) groups excluding carboxylic acids is 2. The van der Waals surface area contributed by atoms with Crippen LogP contribution in [0.5, 0.6) is 0 Å². The fraction of sp³-hybridized carbons (Fsp3) is 0.467. The minimum Gasteiger partial charge on any atom is -0.467 e. The molecule has 114 valence electrons. The van der Waals surface area contributed by atoms with Crippen molar-refractivity contribution in [3.05, 3.63) is 35.6 Å². The Morgan fingerprint density at radius 1 is 1.52 bits per heavy atom. The average Bonchev–Trinajstić information content (AvgIpc) is 3.00. The molecular weight excluding hydrogens is 277 g/mol. The van der Waals surface area contributed by atoms with E-state index in [2.05, 4.69) is 5.32 Å². The molecule has 1 N–H and O–H groups in total. The van der Waals surface area contributed by atoms with Gasteiger partial charge in [0, 0.05) is 13.0 Å². The number of ether oxygens (including phenoxy) is 2. The van der Waals surface area contributed by atoms with Gasteiger partial charge in [-0.1, -0.05) is 12.1 Å². The van der Waals surface area contributed by atoms with Crippen LogP contribution in [0.15, 0.2) is 24.3 Å². The van der Waals surface area contributed by atoms with Crippen LogP contribution in [0.25, 0.3) is 0 Å². The molecule has 2 rings (SSSR count). The molecular formula is C15H18FNO4. The number of methoxy groups -OCH3 is 1. The van der Waals surface area contributed by atoms with Gasteiger partial charge in [-0.05, 0) is 30.5 Å². The molecule has 0 aromatic heterocycles. The van der Waals surface area contributed by atoms with E-state index >= 15 is 0 Å². The van der Waals surface area contributed by atoms with Crippen molar-refractivity contribution in [3.8, 4) is 0 Å². The van der Waals surface area contributed by atoms with Gasteiger partial charge in [0.2, 0.25) is 5.91 Å². The maximum absolute atomic E-state index is 13.2. The summed E-state index contributed by atoms with van der Waals surface area (Å²) in [5, 5.41) is 2.62. The fourth-order valence-electron chi connectivity index (χ4n) is 2.28. The van der Waals surface area contributed by atoms with E-state index in [-0.39, 0.29) is 18.1 Å². The molecule has 6 heteroatoms. The zero-order chi connectivity index (χ0) is 15.2. The number of amides is 1. The third kappa shape index (κ3) is 4.26. The summed E-state index contributed by atoms with van der Waals surface area (Å²) in [5.41, 5.74) is 0.609. The molecule has 0 aliphatic carbocycles. The molecule has 0 saturated carbocycles. The molecule has 1 aliphatic heterocycles. The molecule has 21 heavy (non-hydrogen) atoms. The lowest BCUT2D eigenvalue weighted by Crippen LogP contribution is -2.47. The van der Waals surface area contributed by atoms with Crippen LogP contribution in [0.3, 0.4) is 0 Å². The van der Waals surface area contributed by atoms with Gasteiger partial charge in [-0.25, -0.2) is 9.18 Å². The lowest BCUT2D eigenvalue weighted by atomic mass is 10.1. The molecule has 1 heterocycles. The minimum atomic E-state index is -0.853. The van der Waals surface area contributed by atoms with E-state index < -0.39 is 18.1 Å². The number of nitrogens with one attached hydrogen (secondary N) is 1. The lowest BCUT2D eigenvalue weighted by molar-refractivity contribution is -0.146. The predicted octanol–water partition coefficient (Wildman–Crippen LogP) is 1.20. The Hall–Kier alpha value is -1.95. The summed E-state index contributed by atoms with van der Waals surface area (Å²) < 4.78 is 23.1. The maximum Gasteiger partial charge on any atom is 0.328 e. The zero-order valence-corrected chi connectivity index (χ0v) is 11.8. The Balaban J connectivity index is 2.03. The summed E-state index contributed by atoms with van der Waals surface area (Å²) in [5.74, 6) is -1.29. The number of rotatable bonds is 5. The Morgan fingerprint density at radius 3 is 2.95 bits per heavy atom. The number of benzene rings is 1. The predicted molar refractivity (Wildman–Crippen MR) is 73.0 cm³/mol. The van der Waals surface area contributed by atoms with Crippen LogP contribution in [0.1, 0.15) is 18.4 Å². The first-order valence-corrected chi connectivity index (χ1v) is 6.84. The van der Waals surface area contributed by atoms with Crippen LogP contribution in [0.2, 0.25) is 0 Å². The van der Waals surface area contributed by atoms with Gasteiger partial charge in [-0.2, -0.15) is 0 Å². The highest BCUT2D eigenvalue weighted by atomic mass is 19.1. The molecule has 1 fully saturated rings. The van der Waals surface area contributed by atoms with E-state index in [0.29, 0.717) is 18.6 Å². The highest BCUT2D eigenvalue weighted by molar-refractivity contribution is 5.87. The van der Waals surface area contributed by atoms with Crippen molar-refractivity contribution in [3.63, 3.8) is 0 Å². The summed E-state index contributed by atoms with van der Waals surface area (Å²) in [4.78, 5) is 23.8. The first-order chi connectivity index (χ1) is 10.1. The Morgan fingerprint density at radius 2 is 2.33 bits per heavy atom. The van der Waals surface area contributed by atoms with E-state index in [1.54, 1.807) is 12.1 Å². The van der Waals surface area contributed by atoms with Crippen molar-refractivity contribution in [2.45, 2.75) is 31.4 Å². The number of hydrogen-bond acceptors (Lipinski definition) is 4. The fourth-order valence-corrected chi connectivity index (χ4v) is 2.28. The molecule has 2 atom stereocenters. The standard InChI is InChI=1S/C15H18FNO4/c1-20-15(19)12(9-10-4-2-5-11(16)8-10)17-14(18)13-6-3-7-21-13/h2,4-5,8,12-13H,3,6-7,9H2,1H3,(H,17,18)/t12-,13+/m0/s1. The summed E-state index contributed by atoms with van der Waals surface area (Å²) >= 11 is 0. The molecule has 1 aromatic rings. The molecule has 0 spiro atoms. The van der Waals surface area contributed by atoms with Crippen LogP contribution >= 0.6 is 0 Å². The third-order valence-electron chi connectivity index (χ3n) is 3.35. The first kappa shape index (κ1) is 15.4. The van der Waals surface area contributed by atoms with Crippen molar-refractivity contribution in [2.75, 3.05) is 13.7 Å². The summed E-state index contributed by atoms with van der Waals surface area (Å²) in [6, 6.07) is 5.04. The smallest absolute Gasteiger partial charge is 0.328 e. The normalized spacial score (nSPS) is 19.0. The zero-order valence-electron chi connectivity index (χ0n) is 11.8. The first-order valence-electron chi connectivity index (χ1n) is 6.84. The number of halogens is 1. The van der Waals surface area contributed by atoms with E-state index in [4.69, 9.17) is 9.47 Å². The van der Waals surface area contributed by atoms with Crippen molar-refractivity contribution in [2.24, 2.45) is 0 Å². The van der Waals surface area contributed by atoms with E-state index in [9.17, 15) is 14.0 Å². The molecule has 1 aromatic carbocycles. The maximum atomic E-state index is 13.2. The molecule has 0 unspecified atom stereocenters. The van der Waals surface area contributed by atoms with E-state index in [0.717, 1.165) is 6.42 Å². The van der Waals surface area contributed by atoms with Crippen LogP contribution in [-0.2, 0) is 25.5 Å². The summed E-state index contributed by atoms with van der Waals surface area (Å²) in [6.07, 6.45) is 1.11. The van der Waals surface area contributed by atoms with Gasteiger partial charge in [0.15, 0.2) is 0 Å². The molecule has 5 nitrogen and oxygen atoms in total. The van der Waals surface area contributed by atoms with Crippen LogP contribution < -0.4 is 5.32 Å². The Kier molecular flexibility index (Phi) is 5.27. The summed E-state index contributed by atoms with van der Waals surface area (Å²) in [6.45, 7) is 0.547. The molecule has 1 amide bonds. The molecule has 1 saturated heterocycles. The minimum absolute atomic E-state index is 0.170. The van der Waals surface area contributed by atoms with Crippen LogP contribution in [0.4, 0.5) is 4.39 Å². The van der Waals surface area contributed by atoms with Crippen LogP contribution in [-0.4, -0.2) is 37.7 Å². The molecule has 0 bridgehead atoms. The lowest BCUT2D eigenvalue weighted by Gasteiger charge is -2.18. The van der Waals surface area contributed by atoms with Crippen molar-refractivity contribution in [1.82, 2.24) is 5.32 Å². The molecule has 1 aliphatic rings. The quantitative estimate of drug-likeness (QED) is 0.829. The SMILES string of the molecule is COC(=O)[C@H](Cc1cccc(F)c1)NC(=O)[C@H]1CCCO1. The Bertz CT molecular complexity index is 514. The van der Waals surface area contributed by atoms with Crippen molar-refractivity contribution in [1.29, 1.82) is 0 Å². The molecule has 0 radical (unpaired) electrons. The van der Waals surface area contributed by atoms with Crippen LogP contribution in [0, 0.1) is 5.82 Å². The van der Waals surface area contributed by atoms with Gasteiger partial charge in [0.25, 0.3) is 0 Å². The topological polar surface area (TPSA) is 64.6 Å². The van der Waals surface area contributed by atoms with Gasteiger partial charge in [0.1, 0.15) is 18.0 Å². The monoisotopic (exact) mass is 295 g/mol. The Labute approximate surface area is 122 Å². The third-order valence-corrected chi connectivity index (χ3v) is 3.35. The average molecular weight is 295 g/mol. The van der Waals surface area contributed by atoms with E-state index in [1.807, 2.05) is 0 Å². The second-order valence-corrected chi connectivity index (χ2v) is 4.92. The largest absolute Gasteiger partial charge is 0.467 e. The van der Waals surface area contributed by atoms with Gasteiger partial charge in [0.05, 0.1) is 7.11 Å². The van der Waals surface area contributed by atoms with Gasteiger partial charge in [-0.3, -0.25) is 4.79 Å². The second-order valence-electron chi connectivity index (χ2n) is 4.92. The summed E-state index contributed by atoms with van der Waals surface area (Å²) in [7, 11) is 1.25. The number of hydrogen-bond donors (Lipinski definition) is 1. The van der Waals surface area contributed by atoms with Gasteiger partial charge >= 0.3 is 5.97 Å². The number of esters is 1. The highest BCUT2D eigenvalue weighted by Gasteiger charge is 2.28. The van der Waals surface area contributed by atoms with E-state index in [1.165, 1.54) is 19.2 Å². The van der Waals surface area contributed by atoms with Gasteiger partial charge in [-0.15, -0.1) is 0 Å².